The lowest BCUT2D eigenvalue weighted by molar-refractivity contribution is -0.150. The number of thioether (sulfide) groups is 2. The molecule has 2 aromatic rings. The molecule has 29 heavy (non-hydrogen) atoms. The molecule has 0 unspecified atom stereocenters. The van der Waals surface area contributed by atoms with Crippen LogP contribution in [-0.4, -0.2) is 59.7 Å². The smallest absolute Gasteiger partial charge is 0.353 e. The molecule has 1 aromatic heterocycles. The van der Waals surface area contributed by atoms with Crippen LogP contribution in [0.15, 0.2) is 52.4 Å². The first-order chi connectivity index (χ1) is 14.0. The fraction of sp³-hybridized carbons (Fsp3) is 0.278. The molecular weight excluding hydrogens is 414 g/mol. The van der Waals surface area contributed by atoms with Gasteiger partial charge in [-0.25, -0.2) is 4.79 Å². The highest BCUT2D eigenvalue weighted by Gasteiger charge is 2.54. The maximum absolute atomic E-state index is 12.7. The fourth-order valence-corrected chi connectivity index (χ4v) is 5.57. The molecule has 3 heterocycles. The number of carboxylic acids is 1. The molecule has 1 fully saturated rings. The summed E-state index contributed by atoms with van der Waals surface area (Å²) < 4.78 is 1.68. The molecule has 1 saturated heterocycles. The van der Waals surface area contributed by atoms with E-state index in [2.05, 4.69) is 15.5 Å². The number of aryl methyl sites for hydroxylation is 1. The molecule has 0 spiro atoms. The summed E-state index contributed by atoms with van der Waals surface area (Å²) in [7, 11) is 1.76. The van der Waals surface area contributed by atoms with E-state index >= 15 is 0 Å². The number of nitrogens with one attached hydrogen (secondary N) is 1. The van der Waals surface area contributed by atoms with Crippen LogP contribution < -0.4 is 5.32 Å². The van der Waals surface area contributed by atoms with Crippen molar-refractivity contribution in [1.29, 1.82) is 0 Å². The van der Waals surface area contributed by atoms with Crippen LogP contribution in [0.1, 0.15) is 5.56 Å². The van der Waals surface area contributed by atoms with E-state index in [0.717, 1.165) is 5.56 Å². The summed E-state index contributed by atoms with van der Waals surface area (Å²) in [5.41, 5.74) is 0.790. The number of β-lactam (4-membered cyclic amide) rings is 1. The molecule has 0 radical (unpaired) electrons. The second-order valence-electron chi connectivity index (χ2n) is 6.52. The van der Waals surface area contributed by atoms with E-state index in [9.17, 15) is 19.5 Å². The van der Waals surface area contributed by atoms with Gasteiger partial charge in [0, 0.05) is 17.7 Å². The maximum Gasteiger partial charge on any atom is 0.353 e. The van der Waals surface area contributed by atoms with Crippen molar-refractivity contribution in [2.75, 3.05) is 5.75 Å². The Balaban J connectivity index is 1.48. The quantitative estimate of drug-likeness (QED) is 0.647. The van der Waals surface area contributed by atoms with E-state index in [1.54, 1.807) is 11.6 Å². The summed E-state index contributed by atoms with van der Waals surface area (Å²) in [6.45, 7) is 0. The summed E-state index contributed by atoms with van der Waals surface area (Å²) >= 11 is 2.60. The van der Waals surface area contributed by atoms with Gasteiger partial charge in [-0.05, 0) is 5.56 Å². The number of carboxylic acid groups (broad SMARTS) is 1. The third kappa shape index (κ3) is 3.75. The first-order valence-electron chi connectivity index (χ1n) is 8.72. The zero-order valence-electron chi connectivity index (χ0n) is 15.3. The lowest BCUT2D eigenvalue weighted by Crippen LogP contribution is -2.70. The predicted octanol–water partition coefficient (Wildman–Crippen LogP) is 0.846. The van der Waals surface area contributed by atoms with Crippen LogP contribution in [0.4, 0.5) is 0 Å². The van der Waals surface area contributed by atoms with E-state index in [0.29, 0.717) is 15.8 Å². The Labute approximate surface area is 174 Å². The molecule has 2 amide bonds. The number of hydrogen-bond acceptors (Lipinski definition) is 7. The molecule has 0 saturated carbocycles. The summed E-state index contributed by atoms with van der Waals surface area (Å²) in [6, 6.07) is 8.50. The van der Waals surface area contributed by atoms with Crippen LogP contribution in [0, 0.1) is 0 Å². The van der Waals surface area contributed by atoms with E-state index in [1.807, 2.05) is 30.3 Å². The minimum Gasteiger partial charge on any atom is -0.477 e. The molecule has 0 aliphatic carbocycles. The third-order valence-corrected chi connectivity index (χ3v) is 7.14. The van der Waals surface area contributed by atoms with Gasteiger partial charge in [0.2, 0.25) is 5.91 Å². The van der Waals surface area contributed by atoms with Gasteiger partial charge in [-0.3, -0.25) is 14.5 Å². The number of carbonyl (C=O) groups excluding carboxylic acids is 2. The van der Waals surface area contributed by atoms with Crippen molar-refractivity contribution < 1.29 is 19.5 Å². The van der Waals surface area contributed by atoms with Gasteiger partial charge in [0.15, 0.2) is 5.16 Å². The molecule has 11 heteroatoms. The van der Waals surface area contributed by atoms with E-state index < -0.39 is 23.3 Å². The van der Waals surface area contributed by atoms with Gasteiger partial charge in [-0.2, -0.15) is 0 Å². The Kier molecular flexibility index (Phi) is 5.33. The Morgan fingerprint density at radius 3 is 2.76 bits per heavy atom. The van der Waals surface area contributed by atoms with Gasteiger partial charge in [0.25, 0.3) is 5.91 Å². The van der Waals surface area contributed by atoms with Crippen LogP contribution >= 0.6 is 23.5 Å². The van der Waals surface area contributed by atoms with Crippen molar-refractivity contribution in [1.82, 2.24) is 25.0 Å². The summed E-state index contributed by atoms with van der Waals surface area (Å²) in [5.74, 6) is -1.46. The molecule has 0 bridgehead atoms. The van der Waals surface area contributed by atoms with Crippen LogP contribution in [0.5, 0.6) is 0 Å². The van der Waals surface area contributed by atoms with Crippen molar-refractivity contribution in [2.45, 2.75) is 23.0 Å². The molecule has 2 atom stereocenters. The van der Waals surface area contributed by atoms with E-state index in [4.69, 9.17) is 0 Å². The summed E-state index contributed by atoms with van der Waals surface area (Å²) in [4.78, 5) is 38.7. The highest BCUT2D eigenvalue weighted by molar-refractivity contribution is 8.06. The van der Waals surface area contributed by atoms with Gasteiger partial charge >= 0.3 is 5.97 Å². The fourth-order valence-electron chi connectivity index (χ4n) is 3.15. The molecule has 9 nitrogen and oxygen atoms in total. The normalized spacial score (nSPS) is 20.9. The molecule has 2 N–H and O–H groups in total. The van der Waals surface area contributed by atoms with E-state index in [1.165, 1.54) is 34.8 Å². The van der Waals surface area contributed by atoms with Crippen LogP contribution in [0.2, 0.25) is 0 Å². The van der Waals surface area contributed by atoms with Crippen molar-refractivity contribution in [3.05, 3.63) is 52.8 Å². The summed E-state index contributed by atoms with van der Waals surface area (Å²) in [5, 5.41) is 20.3. The van der Waals surface area contributed by atoms with Crippen molar-refractivity contribution in [3.8, 4) is 0 Å². The van der Waals surface area contributed by atoms with Gasteiger partial charge < -0.3 is 15.0 Å². The average Bonchev–Trinajstić information content (AvgIpc) is 3.11. The Bertz CT molecular complexity index is 1010. The Morgan fingerprint density at radius 1 is 1.34 bits per heavy atom. The number of rotatable bonds is 6. The molecule has 2 aliphatic heterocycles. The van der Waals surface area contributed by atoms with Crippen molar-refractivity contribution >= 4 is 41.3 Å². The number of hydrogen-bond donors (Lipinski definition) is 2. The van der Waals surface area contributed by atoms with Gasteiger partial charge in [-0.1, -0.05) is 42.1 Å². The average molecular weight is 431 g/mol. The number of benzene rings is 1. The van der Waals surface area contributed by atoms with Crippen LogP contribution in [-0.2, 0) is 27.9 Å². The third-order valence-electron chi connectivity index (χ3n) is 4.54. The van der Waals surface area contributed by atoms with Gasteiger partial charge in [0.05, 0.1) is 6.42 Å². The lowest BCUT2D eigenvalue weighted by atomic mass is 10.0. The van der Waals surface area contributed by atoms with Gasteiger partial charge in [-0.15, -0.1) is 22.0 Å². The highest BCUT2D eigenvalue weighted by atomic mass is 32.2. The minimum absolute atomic E-state index is 0.0553. The molecule has 150 valence electrons. The lowest BCUT2D eigenvalue weighted by Gasteiger charge is -2.49. The number of amides is 2. The standard InChI is InChI=1S/C18H17N5O4S2/c1-22-9-19-21-18(22)29-11-8-28-16-13(15(25)23(16)14(11)17(26)27)20-12(24)7-10-5-3-2-4-6-10/h2-6,9,13,16H,7-8H2,1H3,(H,20,24)(H,26,27)/t13-,16-/m1/s1. The van der Waals surface area contributed by atoms with Gasteiger partial charge in [0.1, 0.15) is 23.4 Å². The molecule has 2 aliphatic rings. The predicted molar refractivity (Wildman–Crippen MR) is 107 cm³/mol. The number of aromatic nitrogens is 3. The SMILES string of the molecule is Cn1cnnc1SC1=C(C(=O)O)N2C(=O)[C@@H](NC(=O)Cc3ccccc3)[C@H]2SC1. The van der Waals surface area contributed by atoms with E-state index in [-0.39, 0.29) is 18.0 Å². The van der Waals surface area contributed by atoms with Crippen LogP contribution in [0.25, 0.3) is 0 Å². The first-order valence-corrected chi connectivity index (χ1v) is 10.6. The zero-order valence-corrected chi connectivity index (χ0v) is 16.9. The Hall–Kier alpha value is -2.79. The topological polar surface area (TPSA) is 117 Å². The number of fused-ring (bicyclic) bond motifs is 1. The molecule has 1 aromatic carbocycles. The molecule has 4 rings (SSSR count). The highest BCUT2D eigenvalue weighted by Crippen LogP contribution is 2.44. The molecular formula is C18H17N5O4S2. The largest absolute Gasteiger partial charge is 0.477 e. The first kappa shape index (κ1) is 19.5. The minimum atomic E-state index is -1.18. The summed E-state index contributed by atoms with van der Waals surface area (Å²) in [6.07, 6.45) is 1.69. The maximum atomic E-state index is 12.7. The monoisotopic (exact) mass is 431 g/mol. The van der Waals surface area contributed by atoms with Crippen LogP contribution in [0.3, 0.4) is 0 Å². The number of carbonyl (C=O) groups is 3. The zero-order chi connectivity index (χ0) is 20.5. The van der Waals surface area contributed by atoms with Crippen molar-refractivity contribution in [2.24, 2.45) is 7.05 Å². The second-order valence-corrected chi connectivity index (χ2v) is 8.69. The van der Waals surface area contributed by atoms with Crippen molar-refractivity contribution in [3.63, 3.8) is 0 Å². The number of aliphatic carboxylic acids is 1. The Morgan fingerprint density at radius 2 is 2.10 bits per heavy atom. The number of nitrogens with zero attached hydrogens (tertiary/aromatic N) is 4. The second kappa shape index (κ2) is 7.91.